The van der Waals surface area contributed by atoms with E-state index < -0.39 is 0 Å². The Labute approximate surface area is 142 Å². The molecular formula is C18H26N3O3+. The van der Waals surface area contributed by atoms with Crippen molar-refractivity contribution in [3.63, 3.8) is 0 Å². The van der Waals surface area contributed by atoms with Crippen molar-refractivity contribution in [2.45, 2.75) is 31.7 Å². The summed E-state index contributed by atoms with van der Waals surface area (Å²) in [5.74, 6) is 0.777. The van der Waals surface area contributed by atoms with Crippen LogP contribution in [0, 0.1) is 0 Å². The lowest BCUT2D eigenvalue weighted by Crippen LogP contribution is -3.13. The van der Waals surface area contributed by atoms with Gasteiger partial charge in [-0.15, -0.1) is 0 Å². The zero-order chi connectivity index (χ0) is 16.9. The van der Waals surface area contributed by atoms with E-state index in [0.717, 1.165) is 25.1 Å². The second kappa shape index (κ2) is 7.66. The maximum Gasteiger partial charge on any atom is 0.324 e. The third-order valence-electron chi connectivity index (χ3n) is 5.04. The number of rotatable bonds is 4. The number of methoxy groups -OCH3 is 1. The molecule has 2 heterocycles. The molecule has 0 saturated carbocycles. The number of ether oxygens (including phenoxy) is 1. The molecule has 6 heteroatoms. The topological polar surface area (TPSA) is 63.1 Å². The molecule has 3 amide bonds. The smallest absolute Gasteiger partial charge is 0.324 e. The normalized spacial score (nSPS) is 24.4. The number of nitrogens with zero attached hydrogens (tertiary/aromatic N) is 1. The fourth-order valence-electron chi connectivity index (χ4n) is 3.71. The predicted molar refractivity (Wildman–Crippen MR) is 90.0 cm³/mol. The molecule has 0 aliphatic carbocycles. The highest BCUT2D eigenvalue weighted by molar-refractivity contribution is 5.96. The summed E-state index contributed by atoms with van der Waals surface area (Å²) >= 11 is 0. The lowest BCUT2D eigenvalue weighted by molar-refractivity contribution is -0.923. The minimum atomic E-state index is -0.254. The van der Waals surface area contributed by atoms with Crippen LogP contribution in [-0.4, -0.2) is 50.1 Å². The molecule has 2 fully saturated rings. The number of imide groups is 1. The summed E-state index contributed by atoms with van der Waals surface area (Å²) in [5.41, 5.74) is 1.24. The molecule has 24 heavy (non-hydrogen) atoms. The molecule has 6 nitrogen and oxygen atoms in total. The largest absolute Gasteiger partial charge is 0.497 e. The number of urea groups is 1. The maximum atomic E-state index is 12.5. The second-order valence-corrected chi connectivity index (χ2v) is 6.54. The van der Waals surface area contributed by atoms with Crippen LogP contribution in [0.25, 0.3) is 0 Å². The molecule has 0 aromatic heterocycles. The highest BCUT2D eigenvalue weighted by Gasteiger charge is 2.33. The van der Waals surface area contributed by atoms with Crippen LogP contribution in [0.4, 0.5) is 4.79 Å². The summed E-state index contributed by atoms with van der Waals surface area (Å²) in [6.45, 7) is 2.39. The van der Waals surface area contributed by atoms with Gasteiger partial charge >= 0.3 is 6.03 Å². The first kappa shape index (κ1) is 16.8. The Morgan fingerprint density at radius 2 is 2.08 bits per heavy atom. The Bertz CT molecular complexity index is 588. The number of hydrogen-bond acceptors (Lipinski definition) is 3. The van der Waals surface area contributed by atoms with Gasteiger partial charge in [0.25, 0.3) is 5.91 Å². The van der Waals surface area contributed by atoms with E-state index in [0.29, 0.717) is 25.7 Å². The van der Waals surface area contributed by atoms with Gasteiger partial charge in [0.1, 0.15) is 11.8 Å². The summed E-state index contributed by atoms with van der Waals surface area (Å²) in [6.07, 6.45) is 4.58. The Morgan fingerprint density at radius 3 is 2.75 bits per heavy atom. The van der Waals surface area contributed by atoms with Crippen molar-refractivity contribution in [1.29, 1.82) is 0 Å². The molecule has 2 aliphatic rings. The average Bonchev–Trinajstić information content (AvgIpc) is 2.90. The predicted octanol–water partition coefficient (Wildman–Crippen LogP) is 0.747. The Kier molecular flexibility index (Phi) is 5.35. The number of carbonyl (C=O) groups is 2. The molecule has 2 aliphatic heterocycles. The zero-order valence-corrected chi connectivity index (χ0v) is 14.2. The van der Waals surface area contributed by atoms with Crippen molar-refractivity contribution in [2.24, 2.45) is 0 Å². The molecule has 1 unspecified atom stereocenters. The van der Waals surface area contributed by atoms with Crippen LogP contribution in [-0.2, 0) is 4.79 Å². The number of amides is 3. The van der Waals surface area contributed by atoms with Crippen molar-refractivity contribution in [3.8, 4) is 5.75 Å². The number of nitrogens with one attached hydrogen (secondary N) is 2. The summed E-state index contributed by atoms with van der Waals surface area (Å²) < 4.78 is 5.24. The number of quaternary nitrogens is 1. The third-order valence-corrected chi connectivity index (χ3v) is 5.04. The van der Waals surface area contributed by atoms with E-state index in [4.69, 9.17) is 4.74 Å². The number of carbonyl (C=O) groups excluding carboxylic acids is 2. The van der Waals surface area contributed by atoms with E-state index in [9.17, 15) is 9.59 Å². The zero-order valence-electron chi connectivity index (χ0n) is 14.2. The van der Waals surface area contributed by atoms with Crippen LogP contribution in [0.3, 0.4) is 0 Å². The Morgan fingerprint density at radius 1 is 1.29 bits per heavy atom. The highest BCUT2D eigenvalue weighted by atomic mass is 16.5. The lowest BCUT2D eigenvalue weighted by atomic mass is 10.0. The van der Waals surface area contributed by atoms with Crippen LogP contribution in [0.15, 0.2) is 24.3 Å². The first-order valence-electron chi connectivity index (χ1n) is 8.76. The molecule has 3 rings (SSSR count). The molecule has 2 atom stereocenters. The van der Waals surface area contributed by atoms with Crippen LogP contribution in [0.5, 0.6) is 5.75 Å². The quantitative estimate of drug-likeness (QED) is 0.855. The minimum absolute atomic E-state index is 0.0691. The van der Waals surface area contributed by atoms with E-state index in [1.54, 1.807) is 7.11 Å². The SMILES string of the molecule is COc1ccc([C@H]2CCCCC[NH+]2CC(=O)N2CCNC2=O)cc1. The molecule has 2 N–H and O–H groups in total. The molecule has 0 spiro atoms. The number of hydrogen-bond donors (Lipinski definition) is 2. The van der Waals surface area contributed by atoms with Crippen LogP contribution >= 0.6 is 0 Å². The van der Waals surface area contributed by atoms with E-state index in [2.05, 4.69) is 17.4 Å². The summed E-state index contributed by atoms with van der Waals surface area (Å²) in [6, 6.07) is 8.20. The van der Waals surface area contributed by atoms with Gasteiger partial charge in [0.15, 0.2) is 6.54 Å². The van der Waals surface area contributed by atoms with E-state index >= 15 is 0 Å². The van der Waals surface area contributed by atoms with Gasteiger partial charge in [0, 0.05) is 25.1 Å². The minimum Gasteiger partial charge on any atom is -0.497 e. The Balaban J connectivity index is 1.74. The second-order valence-electron chi connectivity index (χ2n) is 6.54. The van der Waals surface area contributed by atoms with E-state index in [1.807, 2.05) is 12.1 Å². The van der Waals surface area contributed by atoms with Gasteiger partial charge in [-0.05, 0) is 43.5 Å². The molecule has 130 valence electrons. The monoisotopic (exact) mass is 332 g/mol. The Hall–Kier alpha value is -2.08. The van der Waals surface area contributed by atoms with Gasteiger partial charge in [-0.25, -0.2) is 4.79 Å². The molecule has 0 bridgehead atoms. The first-order valence-corrected chi connectivity index (χ1v) is 8.76. The average molecular weight is 332 g/mol. The fraction of sp³-hybridized carbons (Fsp3) is 0.556. The number of benzene rings is 1. The van der Waals surface area contributed by atoms with E-state index in [1.165, 1.54) is 28.2 Å². The van der Waals surface area contributed by atoms with Crippen molar-refractivity contribution in [3.05, 3.63) is 29.8 Å². The van der Waals surface area contributed by atoms with Crippen molar-refractivity contribution in [1.82, 2.24) is 10.2 Å². The van der Waals surface area contributed by atoms with Gasteiger partial charge < -0.3 is 15.0 Å². The molecule has 1 aromatic rings. The molecule has 0 radical (unpaired) electrons. The lowest BCUT2D eigenvalue weighted by Gasteiger charge is -2.28. The van der Waals surface area contributed by atoms with Gasteiger partial charge in [0.05, 0.1) is 13.7 Å². The first-order chi connectivity index (χ1) is 11.7. The summed E-state index contributed by atoms with van der Waals surface area (Å²) in [5, 5.41) is 2.70. The number of likely N-dealkylation sites (tertiary alicyclic amines) is 1. The van der Waals surface area contributed by atoms with Crippen LogP contribution in [0.2, 0.25) is 0 Å². The third kappa shape index (κ3) is 3.70. The van der Waals surface area contributed by atoms with Gasteiger partial charge in [-0.3, -0.25) is 9.69 Å². The van der Waals surface area contributed by atoms with E-state index in [-0.39, 0.29) is 11.9 Å². The van der Waals surface area contributed by atoms with Gasteiger partial charge in [-0.1, -0.05) is 0 Å². The molecule has 1 aromatic carbocycles. The van der Waals surface area contributed by atoms with Gasteiger partial charge in [0.2, 0.25) is 0 Å². The standard InChI is InChI=1S/C18H25N3O3/c1-24-15-8-6-14(7-9-15)16-5-3-2-4-11-20(16)13-17(22)21-12-10-19-18(21)23/h6-9,16H,2-5,10-13H2,1H3,(H,19,23)/p+1/t16-/m1/s1. The van der Waals surface area contributed by atoms with Gasteiger partial charge in [-0.2, -0.15) is 0 Å². The summed E-state index contributed by atoms with van der Waals surface area (Å²) in [7, 11) is 1.66. The van der Waals surface area contributed by atoms with Crippen LogP contribution < -0.4 is 15.0 Å². The fourth-order valence-corrected chi connectivity index (χ4v) is 3.71. The maximum absolute atomic E-state index is 12.5. The molecular weight excluding hydrogens is 306 g/mol. The van der Waals surface area contributed by atoms with Crippen molar-refractivity contribution in [2.75, 3.05) is 33.3 Å². The molecule has 2 saturated heterocycles. The van der Waals surface area contributed by atoms with Crippen molar-refractivity contribution >= 4 is 11.9 Å². The summed E-state index contributed by atoms with van der Waals surface area (Å²) in [4.78, 5) is 26.9. The van der Waals surface area contributed by atoms with Crippen LogP contribution in [0.1, 0.15) is 37.3 Å². The van der Waals surface area contributed by atoms with Crippen molar-refractivity contribution < 1.29 is 19.2 Å². The highest BCUT2D eigenvalue weighted by Crippen LogP contribution is 2.22.